The summed E-state index contributed by atoms with van der Waals surface area (Å²) < 4.78 is 21.4. The van der Waals surface area contributed by atoms with Gasteiger partial charge in [0.15, 0.2) is 11.6 Å². The number of carboxylic acid groups (broad SMARTS) is 5. The minimum Gasteiger partial charge on any atom is -0.481 e. The van der Waals surface area contributed by atoms with Gasteiger partial charge >= 0.3 is 29.8 Å². The highest BCUT2D eigenvalue weighted by molar-refractivity contribution is 5.89. The van der Waals surface area contributed by atoms with Gasteiger partial charge in [-0.1, -0.05) is 270 Å². The van der Waals surface area contributed by atoms with Crippen LogP contribution in [0.2, 0.25) is 0 Å². The maximum absolute atomic E-state index is 13.0. The SMILES string of the molecule is CC(=O)CCCCCCCCCCCCCCCCCCC(=O)C[C@@H](CCC(=O)NCCOCCOCC(=O)CCCOCCOCC(=O)C[C@@H](CCC(C)=O)C(=O)O)C(=O)O.CC(=O)CCCCCCCCCCCCCCCCCCC(=O)N(CCC(C)=O)CC(=O)O.CC(=O)CCCCCCCCCCCCCCCCCCC(=O)NCC1CCC(C(=O)C[C@@H](CCC(=O)C[C@@H](CCC(C)=O)C(=O)O)C(=O)O)CC1. The number of unbranched alkanes of at least 4 members (excludes halogenated alkanes) is 45. The minimum absolute atomic E-state index is 0.000636. The summed E-state index contributed by atoms with van der Waals surface area (Å²) in [5, 5.41) is 52.5. The fourth-order valence-electron chi connectivity index (χ4n) is 18.1. The summed E-state index contributed by atoms with van der Waals surface area (Å²) in [6.45, 7) is 10.9. The van der Waals surface area contributed by atoms with E-state index in [1.54, 1.807) is 20.8 Å². The Kier molecular flexibility index (Phi) is 95.8. The first kappa shape index (κ1) is 141. The van der Waals surface area contributed by atoms with Crippen LogP contribution in [0.15, 0.2) is 0 Å². The van der Waals surface area contributed by atoms with Crippen molar-refractivity contribution < 1.29 is 136 Å². The summed E-state index contributed by atoms with van der Waals surface area (Å²) in [5.74, 6) is -10.0. The molecule has 1 aliphatic carbocycles. The van der Waals surface area contributed by atoms with Crippen molar-refractivity contribution in [3.8, 4) is 0 Å². The first-order valence-electron chi connectivity index (χ1n) is 57.3. The van der Waals surface area contributed by atoms with Crippen LogP contribution in [0.25, 0.3) is 0 Å². The van der Waals surface area contributed by atoms with Crippen LogP contribution in [0.1, 0.15) is 510 Å². The molecule has 147 heavy (non-hydrogen) atoms. The summed E-state index contributed by atoms with van der Waals surface area (Å²) in [5.41, 5.74) is 0. The Morgan fingerprint density at radius 2 is 0.537 bits per heavy atom. The fraction of sp³-hybridized carbons (Fsp3) is 0.836. The molecular formula is C116H201N3O28. The molecule has 0 radical (unpaired) electrons. The van der Waals surface area contributed by atoms with Gasteiger partial charge in [-0.15, -0.1) is 0 Å². The molecule has 31 nitrogen and oxygen atoms in total. The molecule has 0 aliphatic heterocycles. The number of carboxylic acids is 5. The zero-order valence-electron chi connectivity index (χ0n) is 92.1. The van der Waals surface area contributed by atoms with Crippen molar-refractivity contribution in [3.63, 3.8) is 0 Å². The molecule has 1 fully saturated rings. The molecule has 0 aromatic heterocycles. The van der Waals surface area contributed by atoms with Gasteiger partial charge in [-0.2, -0.15) is 0 Å². The zero-order valence-corrected chi connectivity index (χ0v) is 92.1. The van der Waals surface area contributed by atoms with E-state index in [2.05, 4.69) is 10.6 Å². The molecule has 1 aliphatic rings. The number of Topliss-reactive ketones (excluding diaryl/α,β-unsaturated/α-hetero) is 11. The predicted molar refractivity (Wildman–Crippen MR) is 571 cm³/mol. The smallest absolute Gasteiger partial charge is 0.323 e. The summed E-state index contributed by atoms with van der Waals surface area (Å²) in [6.07, 6.45) is 65.1. The van der Waals surface area contributed by atoms with E-state index in [4.69, 9.17) is 24.1 Å². The van der Waals surface area contributed by atoms with Crippen molar-refractivity contribution in [3.05, 3.63) is 0 Å². The quantitative estimate of drug-likeness (QED) is 0.0278. The lowest BCUT2D eigenvalue weighted by Crippen LogP contribution is -2.36. The molecule has 0 bridgehead atoms. The second kappa shape index (κ2) is 99.9. The standard InChI is InChI=1S/C47H81NO14.C42H71NO9.C27H49NO5/c1-38(49)20-17-15-13-11-9-7-5-3-4-6-8-10-12-14-16-18-21-42(51)34-41(47(57)58)25-26-45(54)48-27-29-60-31-33-61-36-43(52)22-19-28-59-30-32-62-37-44(53)35-40(46(55)56)24-23-39(2)50;1-32(44)19-17-15-13-11-9-7-5-3-4-6-8-10-12-14-16-18-20-40(48)43-31-34-22-25-35(26-23-34)39(47)30-37(42(51)52)27-28-38(46)29-36(41(49)50)24-21-33(2)45;1-24(29)19-17-15-13-11-9-7-5-3-4-6-8-10-12-14-16-18-20-26(31)28(23-27(32)33)22-21-25(2)30/h40-41H,3-37H2,1-2H3,(H,48,54)(H,55,56)(H,57,58);34-37H,3-31H2,1-2H3,(H,43,48)(H,49,50)(H,51,52);3-23H2,1-2H3,(H,32,33)/t40-,41-;34?,35?,36-,37-;/m11./s1. The largest absolute Gasteiger partial charge is 0.481 e. The van der Waals surface area contributed by atoms with Crippen LogP contribution in [0, 0.1) is 35.5 Å². The molecular weight excluding hydrogens is 1880 g/mol. The van der Waals surface area contributed by atoms with Crippen molar-refractivity contribution in [1.29, 1.82) is 0 Å². The monoisotopic (exact) mass is 2080 g/mol. The van der Waals surface area contributed by atoms with Crippen LogP contribution in [0.3, 0.4) is 0 Å². The number of ketones is 11. The summed E-state index contributed by atoms with van der Waals surface area (Å²) in [7, 11) is 0. The predicted octanol–water partition coefficient (Wildman–Crippen LogP) is 23.1. The van der Waals surface area contributed by atoms with Crippen molar-refractivity contribution >= 4 is 111 Å². The lowest BCUT2D eigenvalue weighted by atomic mass is 9.77. The van der Waals surface area contributed by atoms with Crippen LogP contribution in [-0.2, 0) is 110 Å². The van der Waals surface area contributed by atoms with Crippen LogP contribution in [-0.4, -0.2) is 221 Å². The van der Waals surface area contributed by atoms with E-state index in [1.165, 1.54) is 257 Å². The molecule has 0 spiro atoms. The highest BCUT2D eigenvalue weighted by Gasteiger charge is 2.32. The van der Waals surface area contributed by atoms with E-state index < -0.39 is 53.5 Å². The first-order chi connectivity index (χ1) is 70.5. The van der Waals surface area contributed by atoms with Gasteiger partial charge in [-0.05, 0) is 144 Å². The topological polar surface area (TPSA) is 490 Å². The molecule has 0 unspecified atom stereocenters. The maximum atomic E-state index is 13.0. The Morgan fingerprint density at radius 3 is 0.891 bits per heavy atom. The summed E-state index contributed by atoms with van der Waals surface area (Å²) in [6, 6.07) is 0. The minimum atomic E-state index is -1.15. The van der Waals surface area contributed by atoms with Crippen molar-refractivity contribution in [1.82, 2.24) is 15.5 Å². The Hall–Kier alpha value is -8.03. The van der Waals surface area contributed by atoms with E-state index in [0.717, 1.165) is 109 Å². The number of hydrogen-bond acceptors (Lipinski definition) is 23. The third-order valence-electron chi connectivity index (χ3n) is 27.4. The first-order valence-corrected chi connectivity index (χ1v) is 57.3. The van der Waals surface area contributed by atoms with Gasteiger partial charge in [0.1, 0.15) is 71.8 Å². The number of aliphatic carboxylic acids is 5. The third-order valence-corrected chi connectivity index (χ3v) is 27.4. The molecule has 0 heterocycles. The molecule has 31 heteroatoms. The number of rotatable bonds is 106. The van der Waals surface area contributed by atoms with Crippen molar-refractivity contribution in [2.24, 2.45) is 35.5 Å². The van der Waals surface area contributed by atoms with Crippen LogP contribution < -0.4 is 10.6 Å². The highest BCUT2D eigenvalue weighted by Crippen LogP contribution is 2.32. The summed E-state index contributed by atoms with van der Waals surface area (Å²) >= 11 is 0. The van der Waals surface area contributed by atoms with Gasteiger partial charge in [0.2, 0.25) is 17.7 Å². The lowest BCUT2D eigenvalue weighted by molar-refractivity contribution is -0.146. The number of ether oxygens (including phenoxy) is 4. The second-order valence-corrected chi connectivity index (χ2v) is 41.7. The van der Waals surface area contributed by atoms with Crippen LogP contribution in [0.4, 0.5) is 0 Å². The maximum Gasteiger partial charge on any atom is 0.323 e. The van der Waals surface area contributed by atoms with Gasteiger partial charge in [0.25, 0.3) is 0 Å². The molecule has 848 valence electrons. The Bertz CT molecular complexity index is 3570. The number of amides is 3. The molecule has 7 N–H and O–H groups in total. The third kappa shape index (κ3) is 98.4. The van der Waals surface area contributed by atoms with Gasteiger partial charge in [-0.3, -0.25) is 67.1 Å². The van der Waals surface area contributed by atoms with Gasteiger partial charge in [0, 0.05) is 135 Å². The molecule has 0 aromatic rings. The molecule has 4 atom stereocenters. The number of carbonyl (C=O) groups is 19. The van der Waals surface area contributed by atoms with E-state index in [0.29, 0.717) is 74.9 Å². The normalized spacial score (nSPS) is 13.5. The molecule has 0 aromatic carbocycles. The molecule has 0 saturated heterocycles. The van der Waals surface area contributed by atoms with Gasteiger partial charge < -0.3 is 84.0 Å². The average Bonchev–Trinajstić information content (AvgIpc) is 0.866. The molecule has 1 saturated carbocycles. The highest BCUT2D eigenvalue weighted by atomic mass is 16.5. The number of carbonyl (C=O) groups excluding carboxylic acids is 14. The average molecular weight is 2090 g/mol. The van der Waals surface area contributed by atoms with Gasteiger partial charge in [-0.25, -0.2) is 0 Å². The van der Waals surface area contributed by atoms with Gasteiger partial charge in [0.05, 0.1) is 56.7 Å². The van der Waals surface area contributed by atoms with Crippen LogP contribution in [0.5, 0.6) is 0 Å². The van der Waals surface area contributed by atoms with E-state index in [1.807, 2.05) is 0 Å². The van der Waals surface area contributed by atoms with E-state index in [-0.39, 0.29) is 226 Å². The van der Waals surface area contributed by atoms with Crippen molar-refractivity contribution in [2.45, 2.75) is 510 Å². The Labute approximate surface area is 882 Å². The lowest BCUT2D eigenvalue weighted by Gasteiger charge is -2.28. The molecule has 3 amide bonds. The second-order valence-electron chi connectivity index (χ2n) is 41.7. The number of hydrogen-bond donors (Lipinski definition) is 7. The fourth-order valence-corrected chi connectivity index (χ4v) is 18.1. The van der Waals surface area contributed by atoms with Crippen LogP contribution >= 0.6 is 0 Å². The summed E-state index contributed by atoms with van der Waals surface area (Å²) in [4.78, 5) is 223. The number of nitrogens with zero attached hydrogens (tertiary/aromatic N) is 1. The molecule has 1 rings (SSSR count). The van der Waals surface area contributed by atoms with E-state index in [9.17, 15) is 112 Å². The van der Waals surface area contributed by atoms with E-state index >= 15 is 0 Å². The Balaban J connectivity index is 0. The number of nitrogens with one attached hydrogen (secondary N) is 2. The Morgan fingerprint density at radius 1 is 0.259 bits per heavy atom. The van der Waals surface area contributed by atoms with Crippen molar-refractivity contribution in [2.75, 3.05) is 79.0 Å². The zero-order chi connectivity index (χ0) is 109.